The van der Waals surface area contributed by atoms with Crippen molar-refractivity contribution >= 4 is 12.6 Å². The van der Waals surface area contributed by atoms with Gasteiger partial charge in [0.15, 0.2) is 0 Å². The molecule has 1 rings (SSSR count). The monoisotopic (exact) mass is 276 g/mol. The fourth-order valence-corrected chi connectivity index (χ4v) is 2.61. The van der Waals surface area contributed by atoms with E-state index in [2.05, 4.69) is 61.7 Å². The molecule has 3 heteroatoms. The van der Waals surface area contributed by atoms with Crippen LogP contribution in [0.1, 0.15) is 31.7 Å². The molecule has 0 spiro atoms. The van der Waals surface area contributed by atoms with Crippen LogP contribution in [0.15, 0.2) is 30.3 Å². The Balaban J connectivity index is 2.66. The van der Waals surface area contributed by atoms with Gasteiger partial charge in [0, 0.05) is 32.0 Å². The van der Waals surface area contributed by atoms with Gasteiger partial charge in [-0.1, -0.05) is 44.2 Å². The molecule has 0 amide bonds. The van der Waals surface area contributed by atoms with E-state index < -0.39 is 0 Å². The van der Waals surface area contributed by atoms with Crippen LogP contribution in [0.2, 0.25) is 0 Å². The molecular weight excluding hydrogens is 252 g/mol. The molecule has 0 aliphatic carbocycles. The molecule has 2 nitrogen and oxygen atoms in total. The van der Waals surface area contributed by atoms with Gasteiger partial charge >= 0.3 is 0 Å². The van der Waals surface area contributed by atoms with Crippen LogP contribution in [0.5, 0.6) is 0 Å². The molecule has 0 aliphatic rings. The lowest BCUT2D eigenvalue weighted by atomic mass is 10.00. The van der Waals surface area contributed by atoms with E-state index >= 15 is 0 Å². The molecule has 0 radical (unpaired) electrons. The van der Waals surface area contributed by atoms with Crippen LogP contribution in [0.3, 0.4) is 0 Å². The van der Waals surface area contributed by atoms with Crippen LogP contribution in [-0.2, 0) is 0 Å². The van der Waals surface area contributed by atoms with E-state index in [9.17, 15) is 0 Å². The van der Waals surface area contributed by atoms with Crippen molar-refractivity contribution in [3.63, 3.8) is 0 Å². The highest BCUT2D eigenvalue weighted by Gasteiger charge is 2.15. The average molecular weight is 276 g/mol. The van der Waals surface area contributed by atoms with Gasteiger partial charge in [-0.3, -0.25) is 0 Å². The molecule has 0 aliphatic heterocycles. The second-order valence-electron chi connectivity index (χ2n) is 5.35. The maximum atomic E-state index is 8.77. The minimum absolute atomic E-state index is 0.432. The number of nitrogens with zero attached hydrogens (tertiary/aromatic N) is 2. The molecule has 19 heavy (non-hydrogen) atoms. The van der Waals surface area contributed by atoms with E-state index in [4.69, 9.17) is 5.26 Å². The standard InChI is InChI=1S/C16H24N2S/c1-14(2)11-18(10-6-9-17)12-16(13-19)15-7-4-3-5-8-15/h3-5,7-8,14,16,19H,6,10-13H2,1-2H3. The molecule has 1 unspecified atom stereocenters. The highest BCUT2D eigenvalue weighted by Crippen LogP contribution is 2.19. The number of thiol groups is 1. The van der Waals surface area contributed by atoms with Crippen molar-refractivity contribution in [1.82, 2.24) is 4.90 Å². The molecular formula is C16H24N2S. The topological polar surface area (TPSA) is 27.0 Å². The minimum atomic E-state index is 0.432. The van der Waals surface area contributed by atoms with Gasteiger partial charge in [0.2, 0.25) is 0 Å². The summed E-state index contributed by atoms with van der Waals surface area (Å²) >= 11 is 4.49. The van der Waals surface area contributed by atoms with Crippen molar-refractivity contribution < 1.29 is 0 Å². The molecule has 0 aromatic heterocycles. The summed E-state index contributed by atoms with van der Waals surface area (Å²) in [6.45, 7) is 7.31. The Labute approximate surface area is 122 Å². The number of rotatable bonds is 8. The fourth-order valence-electron chi connectivity index (χ4n) is 2.29. The van der Waals surface area contributed by atoms with Crippen molar-refractivity contribution in [3.8, 4) is 6.07 Å². The van der Waals surface area contributed by atoms with Gasteiger partial charge in [0.05, 0.1) is 6.07 Å². The van der Waals surface area contributed by atoms with Gasteiger partial charge in [-0.05, 0) is 17.2 Å². The Bertz CT molecular complexity index is 383. The van der Waals surface area contributed by atoms with Gasteiger partial charge in [0.25, 0.3) is 0 Å². The largest absolute Gasteiger partial charge is 0.301 e. The maximum Gasteiger partial charge on any atom is 0.0635 e. The van der Waals surface area contributed by atoms with Crippen LogP contribution in [-0.4, -0.2) is 30.3 Å². The molecule has 0 bridgehead atoms. The van der Waals surface area contributed by atoms with Crippen LogP contribution < -0.4 is 0 Å². The molecule has 0 saturated carbocycles. The van der Waals surface area contributed by atoms with Gasteiger partial charge in [0.1, 0.15) is 0 Å². The number of hydrogen-bond donors (Lipinski definition) is 1. The summed E-state index contributed by atoms with van der Waals surface area (Å²) in [6.07, 6.45) is 0.598. The van der Waals surface area contributed by atoms with Crippen molar-refractivity contribution in [2.45, 2.75) is 26.2 Å². The van der Waals surface area contributed by atoms with Crippen LogP contribution in [0, 0.1) is 17.2 Å². The zero-order valence-electron chi connectivity index (χ0n) is 11.9. The van der Waals surface area contributed by atoms with E-state index in [0.717, 1.165) is 25.4 Å². The highest BCUT2D eigenvalue weighted by molar-refractivity contribution is 7.80. The zero-order chi connectivity index (χ0) is 14.1. The van der Waals surface area contributed by atoms with Gasteiger partial charge in [-0.2, -0.15) is 17.9 Å². The predicted molar refractivity (Wildman–Crippen MR) is 84.5 cm³/mol. The minimum Gasteiger partial charge on any atom is -0.301 e. The van der Waals surface area contributed by atoms with E-state index in [0.29, 0.717) is 18.3 Å². The zero-order valence-corrected chi connectivity index (χ0v) is 12.8. The molecule has 1 atom stereocenters. The molecule has 0 N–H and O–H groups in total. The van der Waals surface area contributed by atoms with Crippen molar-refractivity contribution in [2.75, 3.05) is 25.4 Å². The molecule has 104 valence electrons. The quantitative estimate of drug-likeness (QED) is 0.735. The van der Waals surface area contributed by atoms with E-state index in [1.54, 1.807) is 0 Å². The first-order valence-electron chi connectivity index (χ1n) is 6.92. The van der Waals surface area contributed by atoms with Gasteiger partial charge in [-0.25, -0.2) is 0 Å². The Morgan fingerprint density at radius 1 is 1.21 bits per heavy atom. The first-order valence-corrected chi connectivity index (χ1v) is 7.55. The molecule has 0 saturated heterocycles. The summed E-state index contributed by atoms with van der Waals surface area (Å²) in [4.78, 5) is 2.39. The number of nitriles is 1. The van der Waals surface area contributed by atoms with E-state index in [1.165, 1.54) is 5.56 Å². The van der Waals surface area contributed by atoms with Gasteiger partial charge in [-0.15, -0.1) is 0 Å². The summed E-state index contributed by atoms with van der Waals surface area (Å²) in [5.74, 6) is 1.89. The third-order valence-corrected chi connectivity index (χ3v) is 3.57. The third-order valence-electron chi connectivity index (χ3n) is 3.13. The average Bonchev–Trinajstić information content (AvgIpc) is 2.42. The SMILES string of the molecule is CC(C)CN(CCC#N)CC(CS)c1ccccc1. The molecule has 1 aromatic rings. The summed E-state index contributed by atoms with van der Waals surface area (Å²) in [5, 5.41) is 8.77. The van der Waals surface area contributed by atoms with Crippen LogP contribution in [0.4, 0.5) is 0 Å². The first kappa shape index (κ1) is 16.1. The summed E-state index contributed by atoms with van der Waals surface area (Å²) < 4.78 is 0. The lowest BCUT2D eigenvalue weighted by Crippen LogP contribution is -2.33. The second-order valence-corrected chi connectivity index (χ2v) is 5.72. The lowest BCUT2D eigenvalue weighted by molar-refractivity contribution is 0.239. The van der Waals surface area contributed by atoms with Crippen LogP contribution >= 0.6 is 12.6 Å². The van der Waals surface area contributed by atoms with E-state index in [1.807, 2.05) is 6.07 Å². The Kier molecular flexibility index (Phi) is 7.62. The summed E-state index contributed by atoms with van der Waals surface area (Å²) in [5.41, 5.74) is 1.34. The third kappa shape index (κ3) is 6.13. The summed E-state index contributed by atoms with van der Waals surface area (Å²) in [6, 6.07) is 12.8. The predicted octanol–water partition coefficient (Wildman–Crippen LogP) is 3.57. The maximum absolute atomic E-state index is 8.77. The Morgan fingerprint density at radius 2 is 1.89 bits per heavy atom. The Hall–Kier alpha value is -0.980. The molecule has 0 heterocycles. The second kappa shape index (κ2) is 9.01. The van der Waals surface area contributed by atoms with Gasteiger partial charge < -0.3 is 4.90 Å². The first-order chi connectivity index (χ1) is 9.17. The van der Waals surface area contributed by atoms with E-state index in [-0.39, 0.29) is 0 Å². The highest BCUT2D eigenvalue weighted by atomic mass is 32.1. The smallest absolute Gasteiger partial charge is 0.0635 e. The lowest BCUT2D eigenvalue weighted by Gasteiger charge is -2.27. The number of hydrogen-bond acceptors (Lipinski definition) is 3. The van der Waals surface area contributed by atoms with Crippen molar-refractivity contribution in [3.05, 3.63) is 35.9 Å². The number of benzene rings is 1. The summed E-state index contributed by atoms with van der Waals surface area (Å²) in [7, 11) is 0. The molecule has 0 fully saturated rings. The van der Waals surface area contributed by atoms with Crippen molar-refractivity contribution in [1.29, 1.82) is 5.26 Å². The molecule has 1 aromatic carbocycles. The van der Waals surface area contributed by atoms with Crippen molar-refractivity contribution in [2.24, 2.45) is 5.92 Å². The Morgan fingerprint density at radius 3 is 2.42 bits per heavy atom. The normalized spacial score (nSPS) is 12.6. The fraction of sp³-hybridized carbons (Fsp3) is 0.562. The van der Waals surface area contributed by atoms with Crippen LogP contribution in [0.25, 0.3) is 0 Å².